The average Bonchev–Trinajstić information content (AvgIpc) is 2.53. The van der Waals surface area contributed by atoms with Crippen molar-refractivity contribution in [3.63, 3.8) is 0 Å². The predicted molar refractivity (Wildman–Crippen MR) is 132 cm³/mol. The maximum absolute atomic E-state index is 3.05. The van der Waals surface area contributed by atoms with E-state index in [1.54, 1.807) is 0 Å². The minimum Gasteiger partial charge on any atom is -0.319 e. The van der Waals surface area contributed by atoms with Gasteiger partial charge in [0.05, 0.1) is 0 Å². The third-order valence-electron chi connectivity index (χ3n) is 7.99. The molecule has 166 valence electrons. The zero-order chi connectivity index (χ0) is 21.3. The molecule has 0 aromatic heterocycles. The van der Waals surface area contributed by atoms with Crippen molar-refractivity contribution < 1.29 is 0 Å². The maximum Gasteiger partial charge on any atom is 0.119 e. The van der Waals surface area contributed by atoms with Gasteiger partial charge in [0, 0.05) is 25.2 Å². The van der Waals surface area contributed by atoms with E-state index in [1.165, 1.54) is 51.6 Å². The van der Waals surface area contributed by atoms with Gasteiger partial charge < -0.3 is 9.13 Å². The van der Waals surface area contributed by atoms with Crippen LogP contribution >= 0.6 is 0 Å². The molecule has 0 bridgehead atoms. The van der Waals surface area contributed by atoms with E-state index in [0.29, 0.717) is 0 Å². The molecule has 4 heteroatoms. The summed E-state index contributed by atoms with van der Waals surface area (Å²) in [6.45, 7) is 28.3. The Morgan fingerprint density at radius 3 is 1.00 bits per heavy atom. The second-order valence-corrected chi connectivity index (χ2v) is 22.3. The fourth-order valence-corrected chi connectivity index (χ4v) is 11.0. The third-order valence-corrected chi connectivity index (χ3v) is 12.5. The van der Waals surface area contributed by atoms with E-state index in [0.717, 1.165) is 35.8 Å². The quantitative estimate of drug-likeness (QED) is 0.410. The van der Waals surface area contributed by atoms with Crippen LogP contribution in [0.15, 0.2) is 0 Å². The lowest BCUT2D eigenvalue weighted by Crippen LogP contribution is -2.63. The van der Waals surface area contributed by atoms with Crippen LogP contribution in [0.2, 0.25) is 39.3 Å². The van der Waals surface area contributed by atoms with Crippen LogP contribution in [-0.4, -0.2) is 50.8 Å². The highest BCUT2D eigenvalue weighted by Crippen LogP contribution is 2.37. The SMILES string of the molecule is CC1CCCC(C)C1N(CCN(C1C(C)CCCC1C)[Si](C)(C)C)[Si](C)(C)C. The zero-order valence-corrected chi connectivity index (χ0v) is 23.0. The number of rotatable bonds is 7. The highest BCUT2D eigenvalue weighted by Gasteiger charge is 2.41. The number of nitrogens with zero attached hydrogens (tertiary/aromatic N) is 2. The molecule has 0 N–H and O–H groups in total. The van der Waals surface area contributed by atoms with E-state index in [4.69, 9.17) is 0 Å². The lowest BCUT2D eigenvalue weighted by Gasteiger charge is -2.52. The second kappa shape index (κ2) is 9.66. The van der Waals surface area contributed by atoms with Crippen LogP contribution in [-0.2, 0) is 0 Å². The van der Waals surface area contributed by atoms with Gasteiger partial charge in [0.15, 0.2) is 0 Å². The van der Waals surface area contributed by atoms with Crippen molar-refractivity contribution in [1.29, 1.82) is 0 Å². The Balaban J connectivity index is 2.22. The minimum atomic E-state index is -1.34. The van der Waals surface area contributed by atoms with Gasteiger partial charge in [-0.2, -0.15) is 0 Å². The van der Waals surface area contributed by atoms with E-state index in [-0.39, 0.29) is 0 Å². The predicted octanol–water partition coefficient (Wildman–Crippen LogP) is 6.91. The first-order valence-electron chi connectivity index (χ1n) is 12.4. The summed E-state index contributed by atoms with van der Waals surface area (Å²) < 4.78 is 6.10. The minimum absolute atomic E-state index is 0.810. The summed E-state index contributed by atoms with van der Waals surface area (Å²) in [4.78, 5) is 0. The third kappa shape index (κ3) is 5.95. The van der Waals surface area contributed by atoms with E-state index < -0.39 is 16.5 Å². The van der Waals surface area contributed by atoms with Crippen molar-refractivity contribution in [2.24, 2.45) is 23.7 Å². The van der Waals surface area contributed by atoms with Crippen molar-refractivity contribution in [3.8, 4) is 0 Å². The molecule has 2 saturated carbocycles. The van der Waals surface area contributed by atoms with Gasteiger partial charge in [-0.3, -0.25) is 0 Å². The van der Waals surface area contributed by atoms with E-state index >= 15 is 0 Å². The fraction of sp³-hybridized carbons (Fsp3) is 1.00. The number of hydrogen-bond acceptors (Lipinski definition) is 2. The van der Waals surface area contributed by atoms with Crippen molar-refractivity contribution >= 4 is 16.5 Å². The topological polar surface area (TPSA) is 6.48 Å². The largest absolute Gasteiger partial charge is 0.319 e. The Bertz CT molecular complexity index is 418. The van der Waals surface area contributed by atoms with Crippen LogP contribution in [0.25, 0.3) is 0 Å². The van der Waals surface area contributed by atoms with Gasteiger partial charge in [-0.05, 0) is 49.4 Å². The Morgan fingerprint density at radius 1 is 0.536 bits per heavy atom. The van der Waals surface area contributed by atoms with Crippen molar-refractivity contribution in [2.45, 2.75) is 118 Å². The highest BCUT2D eigenvalue weighted by atomic mass is 28.3. The van der Waals surface area contributed by atoms with E-state index in [2.05, 4.69) is 76.1 Å². The van der Waals surface area contributed by atoms with Gasteiger partial charge in [0.25, 0.3) is 0 Å². The molecule has 0 spiro atoms. The average molecular weight is 425 g/mol. The first-order valence-corrected chi connectivity index (χ1v) is 19.3. The standard InChI is InChI=1S/C24H52N2Si2/c1-19-13-11-14-20(2)23(19)25(27(5,6)7)17-18-26(28(8,9)10)24-21(3)15-12-16-22(24)4/h19-24H,11-18H2,1-10H3. The Kier molecular flexibility index (Phi) is 8.49. The molecule has 0 saturated heterocycles. The van der Waals surface area contributed by atoms with Gasteiger partial charge in [0.1, 0.15) is 16.5 Å². The molecule has 2 rings (SSSR count). The van der Waals surface area contributed by atoms with Gasteiger partial charge in [0.2, 0.25) is 0 Å². The van der Waals surface area contributed by atoms with Gasteiger partial charge in [-0.15, -0.1) is 0 Å². The normalized spacial score (nSPS) is 35.6. The second-order valence-electron chi connectivity index (χ2n) is 12.5. The summed E-state index contributed by atoms with van der Waals surface area (Å²) in [6, 6.07) is 1.62. The monoisotopic (exact) mass is 424 g/mol. The Labute approximate surface area is 180 Å². The molecule has 2 aliphatic carbocycles. The van der Waals surface area contributed by atoms with Gasteiger partial charge in [-0.25, -0.2) is 0 Å². The van der Waals surface area contributed by atoms with Crippen LogP contribution < -0.4 is 0 Å². The van der Waals surface area contributed by atoms with Gasteiger partial charge in [-0.1, -0.05) is 79.8 Å². The molecule has 2 fully saturated rings. The Morgan fingerprint density at radius 2 is 0.786 bits per heavy atom. The number of hydrogen-bond donors (Lipinski definition) is 0. The van der Waals surface area contributed by atoms with Gasteiger partial charge >= 0.3 is 0 Å². The van der Waals surface area contributed by atoms with Crippen LogP contribution in [0.5, 0.6) is 0 Å². The first-order chi connectivity index (χ1) is 12.8. The van der Waals surface area contributed by atoms with Crippen LogP contribution in [0, 0.1) is 23.7 Å². The molecular weight excluding hydrogens is 372 g/mol. The smallest absolute Gasteiger partial charge is 0.119 e. The van der Waals surface area contributed by atoms with Crippen molar-refractivity contribution in [2.75, 3.05) is 13.1 Å². The lowest BCUT2D eigenvalue weighted by molar-refractivity contribution is 0.0955. The molecule has 0 aromatic carbocycles. The summed E-state index contributed by atoms with van der Waals surface area (Å²) in [6.07, 6.45) is 8.62. The molecule has 0 heterocycles. The molecular formula is C24H52N2Si2. The fourth-order valence-electron chi connectivity index (χ4n) is 6.64. The molecule has 4 atom stereocenters. The molecule has 0 amide bonds. The summed E-state index contributed by atoms with van der Waals surface area (Å²) in [5.41, 5.74) is 0. The molecule has 2 nitrogen and oxygen atoms in total. The summed E-state index contributed by atoms with van der Waals surface area (Å²) in [5, 5.41) is 0. The van der Waals surface area contributed by atoms with Crippen molar-refractivity contribution in [3.05, 3.63) is 0 Å². The molecule has 2 aliphatic rings. The van der Waals surface area contributed by atoms with Crippen LogP contribution in [0.1, 0.15) is 66.2 Å². The molecule has 0 aromatic rings. The molecule has 0 radical (unpaired) electrons. The summed E-state index contributed by atoms with van der Waals surface area (Å²) in [5.74, 6) is 3.46. The van der Waals surface area contributed by atoms with E-state index in [1.807, 2.05) is 0 Å². The van der Waals surface area contributed by atoms with Crippen LogP contribution in [0.3, 0.4) is 0 Å². The Hall–Kier alpha value is 0.354. The zero-order valence-electron chi connectivity index (χ0n) is 21.0. The van der Waals surface area contributed by atoms with Crippen molar-refractivity contribution in [1.82, 2.24) is 9.13 Å². The highest BCUT2D eigenvalue weighted by molar-refractivity contribution is 6.74. The first kappa shape index (κ1) is 24.6. The molecule has 4 unspecified atom stereocenters. The maximum atomic E-state index is 3.05. The summed E-state index contributed by atoms with van der Waals surface area (Å²) >= 11 is 0. The lowest BCUT2D eigenvalue weighted by atomic mass is 9.78. The van der Waals surface area contributed by atoms with Crippen LogP contribution in [0.4, 0.5) is 0 Å². The molecule has 0 aliphatic heterocycles. The van der Waals surface area contributed by atoms with E-state index in [9.17, 15) is 0 Å². The summed E-state index contributed by atoms with van der Waals surface area (Å²) in [7, 11) is -2.69. The molecule has 28 heavy (non-hydrogen) atoms.